The van der Waals surface area contributed by atoms with Crippen LogP contribution in [0.2, 0.25) is 0 Å². The third kappa shape index (κ3) is 3.65. The van der Waals surface area contributed by atoms with Crippen LogP contribution in [0.15, 0.2) is 5.10 Å². The summed E-state index contributed by atoms with van der Waals surface area (Å²) in [6.45, 7) is 1.55. The molecule has 0 spiro atoms. The fourth-order valence-corrected chi connectivity index (χ4v) is 0.535. The van der Waals surface area contributed by atoms with Crippen molar-refractivity contribution in [3.63, 3.8) is 0 Å². The van der Waals surface area contributed by atoms with Crippen molar-refractivity contribution in [3.8, 4) is 0 Å². The highest BCUT2D eigenvalue weighted by atomic mass is 16.5. The third-order valence-electron chi connectivity index (χ3n) is 1.24. The van der Waals surface area contributed by atoms with Gasteiger partial charge in [0.2, 0.25) is 0 Å². The number of hydrazone groups is 1. The average Bonchev–Trinajstić information content (AvgIpc) is 2.16. The van der Waals surface area contributed by atoms with Gasteiger partial charge in [-0.15, -0.1) is 0 Å². The predicted octanol–water partition coefficient (Wildman–Crippen LogP) is -0.874. The number of carbonyl (C=O) groups is 3. The number of carboxylic acids is 1. The Morgan fingerprint density at radius 3 is 2.36 bits per heavy atom. The summed E-state index contributed by atoms with van der Waals surface area (Å²) in [7, 11) is 1.03. The smallest absolute Gasteiger partial charge is 0.398 e. The monoisotopic (exact) mass is 202 g/mol. The zero-order valence-corrected chi connectivity index (χ0v) is 7.73. The summed E-state index contributed by atoms with van der Waals surface area (Å²) < 4.78 is 4.07. The molecule has 0 saturated carbocycles. The van der Waals surface area contributed by atoms with Gasteiger partial charge in [-0.3, -0.25) is 4.79 Å². The quantitative estimate of drug-likeness (QED) is 0.268. The summed E-state index contributed by atoms with van der Waals surface area (Å²) in [6, 6.07) is 0. The Kier molecular flexibility index (Phi) is 4.90. The molecule has 1 amide bonds. The number of nitrogens with one attached hydrogen (secondary N) is 1. The van der Waals surface area contributed by atoms with Crippen LogP contribution in [-0.4, -0.2) is 35.8 Å². The highest BCUT2D eigenvalue weighted by molar-refractivity contribution is 6.36. The Morgan fingerprint density at radius 2 is 2.00 bits per heavy atom. The van der Waals surface area contributed by atoms with E-state index in [1.165, 1.54) is 0 Å². The second kappa shape index (κ2) is 5.68. The summed E-state index contributed by atoms with van der Waals surface area (Å²) in [6.07, 6.45) is 0.136. The molecule has 0 aliphatic rings. The van der Waals surface area contributed by atoms with E-state index < -0.39 is 17.8 Å². The molecule has 78 valence electrons. The first-order valence-corrected chi connectivity index (χ1v) is 3.71. The fourth-order valence-electron chi connectivity index (χ4n) is 0.535. The number of amides is 1. The molecule has 7 heteroatoms. The molecule has 0 bridgehead atoms. The van der Waals surface area contributed by atoms with Crippen LogP contribution in [0.1, 0.15) is 13.3 Å². The van der Waals surface area contributed by atoms with Crippen molar-refractivity contribution in [2.75, 3.05) is 7.11 Å². The van der Waals surface area contributed by atoms with E-state index in [9.17, 15) is 14.4 Å². The number of aliphatic carboxylic acids is 1. The lowest BCUT2D eigenvalue weighted by atomic mass is 10.3. The van der Waals surface area contributed by atoms with Gasteiger partial charge in [-0.2, -0.15) is 5.10 Å². The van der Waals surface area contributed by atoms with Gasteiger partial charge in [0.05, 0.1) is 7.11 Å². The van der Waals surface area contributed by atoms with E-state index in [4.69, 9.17) is 5.11 Å². The number of methoxy groups -OCH3 is 1. The molecule has 0 aliphatic carbocycles. The standard InChI is InChI=1S/C7H10N2O5/c1-3-4(6(11)12)8-9-5(10)7(13)14-2/h3H2,1-2H3,(H,9,10)(H,11,12)/b8-4+. The van der Waals surface area contributed by atoms with Crippen LogP contribution >= 0.6 is 0 Å². The molecule has 0 aliphatic heterocycles. The molecule has 7 nitrogen and oxygen atoms in total. The van der Waals surface area contributed by atoms with Gasteiger partial charge in [0, 0.05) is 0 Å². The van der Waals surface area contributed by atoms with E-state index >= 15 is 0 Å². The third-order valence-corrected chi connectivity index (χ3v) is 1.24. The van der Waals surface area contributed by atoms with Gasteiger partial charge in [-0.1, -0.05) is 6.92 Å². The lowest BCUT2D eigenvalue weighted by Crippen LogP contribution is -2.30. The molecule has 0 unspecified atom stereocenters. The van der Waals surface area contributed by atoms with Gasteiger partial charge in [-0.05, 0) is 6.42 Å². The highest BCUT2D eigenvalue weighted by Gasteiger charge is 2.14. The largest absolute Gasteiger partial charge is 0.477 e. The summed E-state index contributed by atoms with van der Waals surface area (Å²) in [5.74, 6) is -3.49. The van der Waals surface area contributed by atoms with Crippen LogP contribution in [0.4, 0.5) is 0 Å². The Labute approximate surface area is 79.7 Å². The van der Waals surface area contributed by atoms with Crippen molar-refractivity contribution >= 4 is 23.6 Å². The predicted molar refractivity (Wildman–Crippen MR) is 45.5 cm³/mol. The minimum atomic E-state index is -1.25. The van der Waals surface area contributed by atoms with E-state index in [0.29, 0.717) is 0 Å². The Bertz CT molecular complexity index is 284. The van der Waals surface area contributed by atoms with E-state index in [2.05, 4.69) is 9.84 Å². The maximum absolute atomic E-state index is 10.7. The molecule has 14 heavy (non-hydrogen) atoms. The second-order valence-electron chi connectivity index (χ2n) is 2.15. The number of carboxylic acid groups (broad SMARTS) is 1. The van der Waals surface area contributed by atoms with Crippen molar-refractivity contribution in [2.45, 2.75) is 13.3 Å². The topological polar surface area (TPSA) is 105 Å². The van der Waals surface area contributed by atoms with E-state index in [-0.39, 0.29) is 12.1 Å². The Morgan fingerprint density at radius 1 is 1.43 bits per heavy atom. The summed E-state index contributed by atoms with van der Waals surface area (Å²) in [5, 5.41) is 11.7. The van der Waals surface area contributed by atoms with Crippen molar-refractivity contribution in [2.24, 2.45) is 5.10 Å². The molecule has 0 aromatic rings. The zero-order valence-electron chi connectivity index (χ0n) is 7.73. The molecule has 0 rings (SSSR count). The minimum Gasteiger partial charge on any atom is -0.477 e. The highest BCUT2D eigenvalue weighted by Crippen LogP contribution is 1.85. The van der Waals surface area contributed by atoms with Gasteiger partial charge in [0.25, 0.3) is 0 Å². The molecule has 2 N–H and O–H groups in total. The maximum Gasteiger partial charge on any atom is 0.398 e. The average molecular weight is 202 g/mol. The number of rotatable bonds is 3. The second-order valence-corrected chi connectivity index (χ2v) is 2.15. The molecule has 0 atom stereocenters. The molecule has 0 aromatic heterocycles. The normalized spacial score (nSPS) is 10.6. The van der Waals surface area contributed by atoms with Crippen LogP contribution in [0.5, 0.6) is 0 Å². The van der Waals surface area contributed by atoms with Gasteiger partial charge >= 0.3 is 17.8 Å². The molecule has 0 aromatic carbocycles. The summed E-state index contributed by atoms with van der Waals surface area (Å²) >= 11 is 0. The van der Waals surface area contributed by atoms with Crippen LogP contribution in [0.3, 0.4) is 0 Å². The zero-order chi connectivity index (χ0) is 11.1. The van der Waals surface area contributed by atoms with Crippen LogP contribution in [-0.2, 0) is 19.1 Å². The maximum atomic E-state index is 10.7. The molecule has 0 saturated heterocycles. The first-order valence-electron chi connectivity index (χ1n) is 3.71. The number of hydrogen-bond donors (Lipinski definition) is 2. The Hall–Kier alpha value is -1.92. The van der Waals surface area contributed by atoms with Gasteiger partial charge < -0.3 is 9.84 Å². The SMILES string of the molecule is CC/C(=N\NC(=O)C(=O)OC)C(=O)O. The van der Waals surface area contributed by atoms with E-state index in [1.807, 2.05) is 0 Å². The minimum absolute atomic E-state index is 0.136. The number of esters is 1. The van der Waals surface area contributed by atoms with Crippen LogP contribution in [0, 0.1) is 0 Å². The lowest BCUT2D eigenvalue weighted by Gasteiger charge is -1.98. The van der Waals surface area contributed by atoms with Crippen LogP contribution < -0.4 is 5.43 Å². The first-order chi connectivity index (χ1) is 6.52. The molecular weight excluding hydrogens is 192 g/mol. The summed E-state index contributed by atoms with van der Waals surface area (Å²) in [4.78, 5) is 31.6. The number of nitrogens with zero attached hydrogens (tertiary/aromatic N) is 1. The fraction of sp³-hybridized carbons (Fsp3) is 0.429. The molecule has 0 fully saturated rings. The van der Waals surface area contributed by atoms with Gasteiger partial charge in [0.1, 0.15) is 5.71 Å². The lowest BCUT2D eigenvalue weighted by molar-refractivity contribution is -0.152. The van der Waals surface area contributed by atoms with Crippen molar-refractivity contribution in [3.05, 3.63) is 0 Å². The van der Waals surface area contributed by atoms with Crippen molar-refractivity contribution in [1.82, 2.24) is 5.43 Å². The molecular formula is C7H10N2O5. The van der Waals surface area contributed by atoms with E-state index in [1.54, 1.807) is 12.3 Å². The van der Waals surface area contributed by atoms with Gasteiger partial charge in [0.15, 0.2) is 0 Å². The summed E-state index contributed by atoms with van der Waals surface area (Å²) in [5.41, 5.74) is 1.51. The molecule has 0 heterocycles. The first kappa shape index (κ1) is 12.1. The molecule has 0 radical (unpaired) electrons. The van der Waals surface area contributed by atoms with Crippen molar-refractivity contribution in [1.29, 1.82) is 0 Å². The number of hydrogen-bond acceptors (Lipinski definition) is 5. The van der Waals surface area contributed by atoms with E-state index in [0.717, 1.165) is 7.11 Å². The van der Waals surface area contributed by atoms with Crippen LogP contribution in [0.25, 0.3) is 0 Å². The van der Waals surface area contributed by atoms with Gasteiger partial charge in [-0.25, -0.2) is 15.0 Å². The Balaban J connectivity index is 4.33. The number of ether oxygens (including phenoxy) is 1. The van der Waals surface area contributed by atoms with Crippen molar-refractivity contribution < 1.29 is 24.2 Å². The number of carbonyl (C=O) groups excluding carboxylic acids is 2.